The molecule has 0 aliphatic rings. The van der Waals surface area contributed by atoms with Crippen LogP contribution in [-0.2, 0) is 5.54 Å². The summed E-state index contributed by atoms with van der Waals surface area (Å²) in [5, 5.41) is 1.09. The molecule has 0 bridgehead atoms. The minimum atomic E-state index is -0.581. The molecule has 0 amide bonds. The van der Waals surface area contributed by atoms with Crippen LogP contribution in [0.2, 0.25) is 0 Å². The Bertz CT molecular complexity index is 760. The molecule has 3 heteroatoms. The Hall–Kier alpha value is -1.71. The number of aromatic nitrogens is 1. The van der Waals surface area contributed by atoms with Crippen LogP contribution in [-0.4, -0.2) is 4.98 Å². The molecule has 20 heavy (non-hydrogen) atoms. The van der Waals surface area contributed by atoms with Crippen molar-refractivity contribution in [3.05, 3.63) is 76.4 Å². The normalized spacial score (nSPS) is 14.2. The molecule has 0 saturated carbocycles. The number of hydrogen-bond donors (Lipinski definition) is 1. The van der Waals surface area contributed by atoms with Gasteiger partial charge in [0.1, 0.15) is 0 Å². The Morgan fingerprint density at radius 3 is 2.50 bits per heavy atom. The number of nitrogens with two attached hydrogens (primary N) is 1. The number of pyridine rings is 1. The minimum Gasteiger partial charge on any atom is -0.318 e. The zero-order valence-corrected chi connectivity index (χ0v) is 12.8. The number of hydrogen-bond acceptors (Lipinski definition) is 2. The lowest BCUT2D eigenvalue weighted by molar-refractivity contribution is 0.605. The smallest absolute Gasteiger partial charge is 0.0705 e. The van der Waals surface area contributed by atoms with Gasteiger partial charge in [0.05, 0.1) is 11.1 Å². The quantitative estimate of drug-likeness (QED) is 0.765. The van der Waals surface area contributed by atoms with Gasteiger partial charge in [-0.2, -0.15) is 0 Å². The SMILES string of the molecule is CC(N)(c1ccccc1Br)c1cccc2ncccc12. The van der Waals surface area contributed by atoms with E-state index in [0.29, 0.717) is 0 Å². The van der Waals surface area contributed by atoms with E-state index in [-0.39, 0.29) is 0 Å². The molecule has 1 aromatic heterocycles. The maximum Gasteiger partial charge on any atom is 0.0705 e. The van der Waals surface area contributed by atoms with Gasteiger partial charge in [-0.3, -0.25) is 4.98 Å². The lowest BCUT2D eigenvalue weighted by Crippen LogP contribution is -2.34. The van der Waals surface area contributed by atoms with Crippen molar-refractivity contribution in [3.8, 4) is 0 Å². The summed E-state index contributed by atoms with van der Waals surface area (Å²) in [6.07, 6.45) is 1.80. The van der Waals surface area contributed by atoms with Crippen LogP contribution in [0.1, 0.15) is 18.1 Å². The van der Waals surface area contributed by atoms with E-state index in [9.17, 15) is 0 Å². The summed E-state index contributed by atoms with van der Waals surface area (Å²) in [7, 11) is 0. The van der Waals surface area contributed by atoms with Crippen molar-refractivity contribution < 1.29 is 0 Å². The van der Waals surface area contributed by atoms with Gasteiger partial charge in [0.2, 0.25) is 0 Å². The van der Waals surface area contributed by atoms with Gasteiger partial charge in [-0.05, 0) is 36.2 Å². The molecule has 0 radical (unpaired) electrons. The fraction of sp³-hybridized carbons (Fsp3) is 0.118. The highest BCUT2D eigenvalue weighted by Crippen LogP contribution is 2.35. The van der Waals surface area contributed by atoms with E-state index in [1.54, 1.807) is 6.20 Å². The molecule has 0 saturated heterocycles. The molecule has 0 spiro atoms. The lowest BCUT2D eigenvalue weighted by Gasteiger charge is -2.28. The van der Waals surface area contributed by atoms with Crippen LogP contribution in [0.4, 0.5) is 0 Å². The van der Waals surface area contributed by atoms with Gasteiger partial charge < -0.3 is 5.73 Å². The van der Waals surface area contributed by atoms with Crippen molar-refractivity contribution in [2.24, 2.45) is 5.73 Å². The predicted octanol–water partition coefficient (Wildman–Crippen LogP) is 4.22. The molecule has 1 heterocycles. The number of fused-ring (bicyclic) bond motifs is 1. The van der Waals surface area contributed by atoms with Gasteiger partial charge in [-0.25, -0.2) is 0 Å². The zero-order chi connectivity index (χ0) is 14.2. The topological polar surface area (TPSA) is 38.9 Å². The first-order chi connectivity index (χ1) is 9.60. The van der Waals surface area contributed by atoms with Crippen LogP contribution in [0.15, 0.2) is 65.3 Å². The second-order valence-electron chi connectivity index (χ2n) is 5.06. The summed E-state index contributed by atoms with van der Waals surface area (Å²) < 4.78 is 1.02. The molecule has 3 aromatic rings. The molecule has 0 fully saturated rings. The molecule has 1 atom stereocenters. The molecule has 2 nitrogen and oxygen atoms in total. The highest BCUT2D eigenvalue weighted by molar-refractivity contribution is 9.10. The monoisotopic (exact) mass is 326 g/mol. The van der Waals surface area contributed by atoms with Crippen molar-refractivity contribution in [3.63, 3.8) is 0 Å². The zero-order valence-electron chi connectivity index (χ0n) is 11.2. The van der Waals surface area contributed by atoms with E-state index in [1.165, 1.54) is 0 Å². The van der Waals surface area contributed by atoms with Gasteiger partial charge >= 0.3 is 0 Å². The third-order valence-corrected chi connectivity index (χ3v) is 4.33. The Balaban J connectivity index is 2.27. The average Bonchev–Trinajstić information content (AvgIpc) is 2.47. The third kappa shape index (κ3) is 2.13. The van der Waals surface area contributed by atoms with Crippen LogP contribution in [0.25, 0.3) is 10.9 Å². The van der Waals surface area contributed by atoms with Crippen molar-refractivity contribution in [2.45, 2.75) is 12.5 Å². The molecular weight excluding hydrogens is 312 g/mol. The molecule has 3 rings (SSSR count). The predicted molar refractivity (Wildman–Crippen MR) is 86.5 cm³/mol. The minimum absolute atomic E-state index is 0.581. The molecule has 2 N–H and O–H groups in total. The Morgan fingerprint density at radius 1 is 0.950 bits per heavy atom. The van der Waals surface area contributed by atoms with E-state index in [2.05, 4.69) is 39.1 Å². The summed E-state index contributed by atoms with van der Waals surface area (Å²) in [5.74, 6) is 0. The van der Waals surface area contributed by atoms with E-state index < -0.39 is 5.54 Å². The number of rotatable bonds is 2. The van der Waals surface area contributed by atoms with Crippen LogP contribution < -0.4 is 5.73 Å². The molecule has 100 valence electrons. The van der Waals surface area contributed by atoms with Crippen molar-refractivity contribution >= 4 is 26.8 Å². The van der Waals surface area contributed by atoms with Gasteiger partial charge in [0, 0.05) is 16.1 Å². The standard InChI is InChI=1S/C17H15BrN2/c1-17(19,14-7-2-3-9-15(14)18)13-8-4-10-16-12(13)6-5-11-20-16/h2-11H,19H2,1H3. The summed E-state index contributed by atoms with van der Waals surface area (Å²) in [5.41, 5.74) is 9.20. The maximum absolute atomic E-state index is 6.67. The van der Waals surface area contributed by atoms with E-state index in [0.717, 1.165) is 26.5 Å². The highest BCUT2D eigenvalue weighted by Gasteiger charge is 2.27. The van der Waals surface area contributed by atoms with Crippen LogP contribution >= 0.6 is 15.9 Å². The fourth-order valence-electron chi connectivity index (χ4n) is 2.58. The van der Waals surface area contributed by atoms with Gasteiger partial charge in [0.25, 0.3) is 0 Å². The Kier molecular flexibility index (Phi) is 3.32. The number of halogens is 1. The second-order valence-corrected chi connectivity index (χ2v) is 5.91. The second kappa shape index (κ2) is 5.00. The first-order valence-electron chi connectivity index (χ1n) is 6.49. The maximum atomic E-state index is 6.67. The molecule has 0 aliphatic heterocycles. The summed E-state index contributed by atoms with van der Waals surface area (Å²) >= 11 is 3.60. The van der Waals surface area contributed by atoms with Crippen molar-refractivity contribution in [1.82, 2.24) is 4.98 Å². The molecule has 2 aromatic carbocycles. The van der Waals surface area contributed by atoms with Crippen molar-refractivity contribution in [2.75, 3.05) is 0 Å². The largest absolute Gasteiger partial charge is 0.318 e. The van der Waals surface area contributed by atoms with Crippen molar-refractivity contribution in [1.29, 1.82) is 0 Å². The van der Waals surface area contributed by atoms with E-state index >= 15 is 0 Å². The summed E-state index contributed by atoms with van der Waals surface area (Å²) in [6, 6.07) is 18.2. The van der Waals surface area contributed by atoms with E-state index in [1.807, 2.05) is 43.3 Å². The first-order valence-corrected chi connectivity index (χ1v) is 7.28. The summed E-state index contributed by atoms with van der Waals surface area (Å²) in [6.45, 7) is 2.04. The Morgan fingerprint density at radius 2 is 1.70 bits per heavy atom. The van der Waals surface area contributed by atoms with Crippen LogP contribution in [0.3, 0.4) is 0 Å². The fourth-order valence-corrected chi connectivity index (χ4v) is 3.28. The number of benzene rings is 2. The molecule has 0 aliphatic carbocycles. The van der Waals surface area contributed by atoms with Gasteiger partial charge in [-0.15, -0.1) is 0 Å². The third-order valence-electron chi connectivity index (χ3n) is 3.64. The Labute approximate surface area is 126 Å². The lowest BCUT2D eigenvalue weighted by atomic mass is 9.83. The van der Waals surface area contributed by atoms with Gasteiger partial charge in [0.15, 0.2) is 0 Å². The van der Waals surface area contributed by atoms with Crippen LogP contribution in [0, 0.1) is 0 Å². The van der Waals surface area contributed by atoms with Gasteiger partial charge in [-0.1, -0.05) is 52.3 Å². The molecule has 1 unspecified atom stereocenters. The summed E-state index contributed by atoms with van der Waals surface area (Å²) in [4.78, 5) is 4.40. The average molecular weight is 327 g/mol. The number of nitrogens with zero attached hydrogens (tertiary/aromatic N) is 1. The van der Waals surface area contributed by atoms with Crippen LogP contribution in [0.5, 0.6) is 0 Å². The van der Waals surface area contributed by atoms with E-state index in [4.69, 9.17) is 5.73 Å². The highest BCUT2D eigenvalue weighted by atomic mass is 79.9. The first kappa shape index (κ1) is 13.3. The molecular formula is C17H15BrN2.